The minimum Gasteiger partial charge on any atom is -0.320 e. The molecule has 2 aromatic rings. The number of nitrogens with one attached hydrogen (secondary N) is 2. The Hall–Kier alpha value is -2.35. The zero-order chi connectivity index (χ0) is 19.1. The van der Waals surface area contributed by atoms with Gasteiger partial charge in [-0.15, -0.1) is 11.3 Å². The number of thiazole rings is 1. The van der Waals surface area contributed by atoms with Crippen molar-refractivity contribution >= 4 is 34.0 Å². The fourth-order valence-electron chi connectivity index (χ4n) is 2.75. The number of amides is 2. The number of aryl methyl sites for hydroxylation is 1. The molecule has 138 valence electrons. The van der Waals surface area contributed by atoms with Crippen LogP contribution in [0.1, 0.15) is 43.2 Å². The van der Waals surface area contributed by atoms with Gasteiger partial charge in [0.2, 0.25) is 11.8 Å². The molecule has 1 aliphatic carbocycles. The van der Waals surface area contributed by atoms with Crippen LogP contribution in [0.25, 0.3) is 0 Å². The minimum absolute atomic E-state index is 0.278. The number of para-hydroxylation sites is 1. The van der Waals surface area contributed by atoms with Gasteiger partial charge in [0.05, 0.1) is 5.69 Å². The molecule has 1 fully saturated rings. The van der Waals surface area contributed by atoms with Gasteiger partial charge < -0.3 is 10.6 Å². The molecule has 0 bridgehead atoms. The molecular weight excluding hydrogens is 360 g/mol. The van der Waals surface area contributed by atoms with Gasteiger partial charge in [0.25, 0.3) is 0 Å². The highest BCUT2D eigenvalue weighted by Crippen LogP contribution is 2.48. The number of aromatic nitrogens is 1. The van der Waals surface area contributed by atoms with E-state index in [4.69, 9.17) is 0 Å². The largest absolute Gasteiger partial charge is 0.320 e. The molecule has 5 nitrogen and oxygen atoms in total. The summed E-state index contributed by atoms with van der Waals surface area (Å²) in [5.74, 6) is -2.70. The highest BCUT2D eigenvalue weighted by Gasteiger charge is 2.57. The van der Waals surface area contributed by atoms with E-state index in [2.05, 4.69) is 15.6 Å². The van der Waals surface area contributed by atoms with E-state index < -0.39 is 34.6 Å². The van der Waals surface area contributed by atoms with Gasteiger partial charge in [-0.3, -0.25) is 9.59 Å². The van der Waals surface area contributed by atoms with Crippen molar-refractivity contribution in [3.63, 3.8) is 0 Å². The predicted molar refractivity (Wildman–Crippen MR) is 96.2 cm³/mol. The van der Waals surface area contributed by atoms with Crippen LogP contribution >= 0.6 is 11.3 Å². The second-order valence-electron chi connectivity index (χ2n) is 6.71. The normalized spacial score (nSPS) is 15.0. The Labute approximate surface area is 153 Å². The molecule has 0 atom stereocenters. The highest BCUT2D eigenvalue weighted by molar-refractivity contribution is 7.16. The zero-order valence-corrected chi connectivity index (χ0v) is 15.5. The first-order valence-corrected chi connectivity index (χ1v) is 9.10. The van der Waals surface area contributed by atoms with Crippen molar-refractivity contribution in [3.8, 4) is 0 Å². The van der Waals surface area contributed by atoms with Crippen LogP contribution in [0.15, 0.2) is 18.2 Å². The van der Waals surface area contributed by atoms with E-state index in [-0.39, 0.29) is 5.92 Å². The van der Waals surface area contributed by atoms with E-state index in [1.807, 2.05) is 20.8 Å². The topological polar surface area (TPSA) is 71.1 Å². The van der Waals surface area contributed by atoms with Gasteiger partial charge in [-0.25, -0.2) is 13.8 Å². The highest BCUT2D eigenvalue weighted by atomic mass is 32.1. The Morgan fingerprint density at radius 3 is 2.23 bits per heavy atom. The summed E-state index contributed by atoms with van der Waals surface area (Å²) in [6.07, 6.45) is 0.643. The average Bonchev–Trinajstić information content (AvgIpc) is 3.30. The molecule has 0 aliphatic heterocycles. The van der Waals surface area contributed by atoms with E-state index in [1.165, 1.54) is 17.4 Å². The Kier molecular flexibility index (Phi) is 4.79. The van der Waals surface area contributed by atoms with Crippen molar-refractivity contribution in [1.82, 2.24) is 4.98 Å². The van der Waals surface area contributed by atoms with Gasteiger partial charge in [-0.1, -0.05) is 19.9 Å². The second-order valence-corrected chi connectivity index (χ2v) is 7.74. The molecule has 0 radical (unpaired) electrons. The van der Waals surface area contributed by atoms with Crippen LogP contribution in [0.5, 0.6) is 0 Å². The standard InChI is InChI=1S/C18H19F2N3O2S/c1-9(2)14-10(3)21-17(26-14)23-16(25)18(7-8-18)15(24)22-13-11(19)5-4-6-12(13)20/h4-6,9H,7-8H2,1-3H3,(H,22,24)(H,21,23,25). The second kappa shape index (κ2) is 6.75. The fourth-order valence-corrected chi connectivity index (χ4v) is 3.71. The zero-order valence-electron chi connectivity index (χ0n) is 14.7. The Morgan fingerprint density at radius 2 is 1.73 bits per heavy atom. The Bertz CT molecular complexity index is 855. The maximum Gasteiger partial charge on any atom is 0.241 e. The van der Waals surface area contributed by atoms with Gasteiger partial charge >= 0.3 is 0 Å². The van der Waals surface area contributed by atoms with Crippen LogP contribution in [0.4, 0.5) is 19.6 Å². The summed E-state index contributed by atoms with van der Waals surface area (Å²) in [6.45, 7) is 5.93. The number of carbonyl (C=O) groups is 2. The molecule has 2 N–H and O–H groups in total. The number of rotatable bonds is 5. The third-order valence-electron chi connectivity index (χ3n) is 4.40. The molecule has 26 heavy (non-hydrogen) atoms. The number of halogens is 2. The first-order valence-electron chi connectivity index (χ1n) is 8.29. The van der Waals surface area contributed by atoms with Gasteiger partial charge in [-0.05, 0) is 37.8 Å². The summed E-state index contributed by atoms with van der Waals surface area (Å²) in [7, 11) is 0. The summed E-state index contributed by atoms with van der Waals surface area (Å²) >= 11 is 1.37. The summed E-state index contributed by atoms with van der Waals surface area (Å²) in [4.78, 5) is 30.5. The van der Waals surface area contributed by atoms with Gasteiger partial charge in [0.15, 0.2) is 5.13 Å². The quantitative estimate of drug-likeness (QED) is 0.765. The lowest BCUT2D eigenvalue weighted by Crippen LogP contribution is -2.36. The Morgan fingerprint density at radius 1 is 1.15 bits per heavy atom. The van der Waals surface area contributed by atoms with Crippen LogP contribution in [0, 0.1) is 24.0 Å². The van der Waals surface area contributed by atoms with Crippen LogP contribution in [-0.2, 0) is 9.59 Å². The maximum atomic E-state index is 13.7. The molecule has 2 amide bonds. The van der Waals surface area contributed by atoms with Crippen molar-refractivity contribution in [2.45, 2.75) is 39.5 Å². The van der Waals surface area contributed by atoms with Crippen LogP contribution in [0.3, 0.4) is 0 Å². The fraction of sp³-hybridized carbons (Fsp3) is 0.389. The number of nitrogens with zero attached hydrogens (tertiary/aromatic N) is 1. The Balaban J connectivity index is 1.75. The van der Waals surface area contributed by atoms with Crippen LogP contribution < -0.4 is 10.6 Å². The van der Waals surface area contributed by atoms with E-state index in [1.54, 1.807) is 0 Å². The van der Waals surface area contributed by atoms with Crippen molar-refractivity contribution in [3.05, 3.63) is 40.4 Å². The number of carbonyl (C=O) groups excluding carboxylic acids is 2. The van der Waals surface area contributed by atoms with Crippen molar-refractivity contribution < 1.29 is 18.4 Å². The third-order valence-corrected chi connectivity index (χ3v) is 5.77. The molecule has 0 unspecified atom stereocenters. The molecular formula is C18H19F2N3O2S. The van der Waals surface area contributed by atoms with E-state index >= 15 is 0 Å². The average molecular weight is 379 g/mol. The molecule has 1 saturated carbocycles. The minimum atomic E-state index is -1.31. The summed E-state index contributed by atoms with van der Waals surface area (Å²) < 4.78 is 27.5. The van der Waals surface area contributed by atoms with E-state index in [9.17, 15) is 18.4 Å². The molecule has 0 saturated heterocycles. The summed E-state index contributed by atoms with van der Waals surface area (Å²) in [6, 6.07) is 3.30. The molecule has 8 heteroatoms. The number of anilines is 2. The van der Waals surface area contributed by atoms with Crippen LogP contribution in [-0.4, -0.2) is 16.8 Å². The van der Waals surface area contributed by atoms with Gasteiger partial charge in [0.1, 0.15) is 22.7 Å². The third kappa shape index (κ3) is 3.33. The van der Waals surface area contributed by atoms with Crippen LogP contribution in [0.2, 0.25) is 0 Å². The summed E-state index contributed by atoms with van der Waals surface area (Å²) in [5.41, 5.74) is -1.02. The number of hydrogen-bond donors (Lipinski definition) is 2. The molecule has 1 aromatic heterocycles. The molecule has 1 heterocycles. The van der Waals surface area contributed by atoms with Gasteiger partial charge in [0, 0.05) is 4.88 Å². The van der Waals surface area contributed by atoms with Crippen molar-refractivity contribution in [2.24, 2.45) is 5.41 Å². The summed E-state index contributed by atoms with van der Waals surface area (Å²) in [5, 5.41) is 5.32. The van der Waals surface area contributed by atoms with E-state index in [0.29, 0.717) is 18.0 Å². The molecule has 3 rings (SSSR count). The predicted octanol–water partition coefficient (Wildman–Crippen LogP) is 4.21. The maximum absolute atomic E-state index is 13.7. The number of benzene rings is 1. The lowest BCUT2D eigenvalue weighted by molar-refractivity contribution is -0.131. The molecule has 1 aliphatic rings. The van der Waals surface area contributed by atoms with Crippen molar-refractivity contribution in [2.75, 3.05) is 10.6 Å². The first-order chi connectivity index (χ1) is 12.2. The number of hydrogen-bond acceptors (Lipinski definition) is 4. The first kappa shape index (κ1) is 18.4. The smallest absolute Gasteiger partial charge is 0.241 e. The molecule has 0 spiro atoms. The van der Waals surface area contributed by atoms with E-state index in [0.717, 1.165) is 22.7 Å². The van der Waals surface area contributed by atoms with Gasteiger partial charge in [-0.2, -0.15) is 0 Å². The lowest BCUT2D eigenvalue weighted by Gasteiger charge is -2.15. The van der Waals surface area contributed by atoms with Crippen molar-refractivity contribution in [1.29, 1.82) is 0 Å². The lowest BCUT2D eigenvalue weighted by atomic mass is 10.1. The monoisotopic (exact) mass is 379 g/mol. The molecule has 1 aromatic carbocycles. The SMILES string of the molecule is Cc1nc(NC(=O)C2(C(=O)Nc3c(F)cccc3F)CC2)sc1C(C)C.